The van der Waals surface area contributed by atoms with E-state index in [1.807, 2.05) is 13.8 Å². The molecule has 1 atom stereocenters. The van der Waals surface area contributed by atoms with Crippen LogP contribution in [-0.2, 0) is 16.9 Å². The molecule has 0 saturated carbocycles. The maximum absolute atomic E-state index is 5.45. The molecular weight excluding hydrogens is 248 g/mol. The number of hydrogen-bond donors (Lipinski definition) is 1. The van der Waals surface area contributed by atoms with Gasteiger partial charge in [0.25, 0.3) is 5.89 Å². The highest BCUT2D eigenvalue weighted by molar-refractivity contribution is 5.43. The van der Waals surface area contributed by atoms with Gasteiger partial charge in [-0.3, -0.25) is 4.68 Å². The number of aromatic nitrogens is 5. The predicted octanol–water partition coefficient (Wildman–Crippen LogP) is 0.558. The molecular formula is C11H18N6O2. The molecule has 0 fully saturated rings. The van der Waals surface area contributed by atoms with Crippen molar-refractivity contribution < 1.29 is 9.26 Å². The first-order chi connectivity index (χ1) is 9.12. The minimum absolute atomic E-state index is 0.329. The van der Waals surface area contributed by atoms with Gasteiger partial charge in [-0.1, -0.05) is 17.3 Å². The van der Waals surface area contributed by atoms with E-state index in [0.29, 0.717) is 30.5 Å². The highest BCUT2D eigenvalue weighted by Crippen LogP contribution is 2.27. The molecule has 0 saturated heterocycles. The van der Waals surface area contributed by atoms with Crippen LogP contribution >= 0.6 is 0 Å². The summed E-state index contributed by atoms with van der Waals surface area (Å²) in [7, 11) is 1.62. The second-order valence-electron chi connectivity index (χ2n) is 4.37. The first-order valence-electron chi connectivity index (χ1n) is 6.13. The molecule has 1 unspecified atom stereocenters. The zero-order valence-electron chi connectivity index (χ0n) is 11.3. The van der Waals surface area contributed by atoms with Gasteiger partial charge in [-0.15, -0.1) is 5.10 Å². The van der Waals surface area contributed by atoms with Crippen LogP contribution in [0.5, 0.6) is 0 Å². The van der Waals surface area contributed by atoms with Crippen LogP contribution in [0.1, 0.15) is 26.1 Å². The molecule has 0 bridgehead atoms. The SMILES string of the molecule is CCC(C)(OC)c1noc(-c2cn(CCN)nn2)n1. The van der Waals surface area contributed by atoms with E-state index in [0.717, 1.165) is 6.42 Å². The second kappa shape index (κ2) is 5.45. The number of rotatable bonds is 6. The van der Waals surface area contributed by atoms with Crippen LogP contribution in [-0.4, -0.2) is 38.8 Å². The number of hydrogen-bond acceptors (Lipinski definition) is 7. The molecule has 8 nitrogen and oxygen atoms in total. The summed E-state index contributed by atoms with van der Waals surface area (Å²) in [6.45, 7) is 5.00. The lowest BCUT2D eigenvalue weighted by Gasteiger charge is -2.21. The predicted molar refractivity (Wildman–Crippen MR) is 67.0 cm³/mol. The number of methoxy groups -OCH3 is 1. The molecule has 0 aromatic carbocycles. The van der Waals surface area contributed by atoms with E-state index < -0.39 is 5.60 Å². The van der Waals surface area contributed by atoms with E-state index in [4.69, 9.17) is 15.0 Å². The molecule has 2 rings (SSSR count). The Labute approximate surface area is 110 Å². The van der Waals surface area contributed by atoms with Gasteiger partial charge < -0.3 is 15.0 Å². The minimum atomic E-state index is -0.561. The smallest absolute Gasteiger partial charge is 0.280 e. The molecule has 0 radical (unpaired) electrons. The van der Waals surface area contributed by atoms with Crippen LogP contribution in [0.15, 0.2) is 10.7 Å². The summed E-state index contributed by atoms with van der Waals surface area (Å²) in [5.41, 5.74) is 5.42. The average molecular weight is 266 g/mol. The van der Waals surface area contributed by atoms with E-state index in [1.54, 1.807) is 18.0 Å². The van der Waals surface area contributed by atoms with Crippen LogP contribution in [0, 0.1) is 0 Å². The Morgan fingerprint density at radius 1 is 1.53 bits per heavy atom. The fourth-order valence-electron chi connectivity index (χ4n) is 1.57. The highest BCUT2D eigenvalue weighted by atomic mass is 16.5. The summed E-state index contributed by atoms with van der Waals surface area (Å²) in [4.78, 5) is 4.32. The Hall–Kier alpha value is -1.80. The van der Waals surface area contributed by atoms with Crippen molar-refractivity contribution in [1.29, 1.82) is 0 Å². The van der Waals surface area contributed by atoms with Crippen molar-refractivity contribution in [1.82, 2.24) is 25.1 Å². The van der Waals surface area contributed by atoms with Crippen LogP contribution in [0.4, 0.5) is 0 Å². The highest BCUT2D eigenvalue weighted by Gasteiger charge is 2.30. The van der Waals surface area contributed by atoms with Crippen molar-refractivity contribution in [3.05, 3.63) is 12.0 Å². The molecule has 0 amide bonds. The number of ether oxygens (including phenoxy) is 1. The summed E-state index contributed by atoms with van der Waals surface area (Å²) in [6, 6.07) is 0. The van der Waals surface area contributed by atoms with Crippen molar-refractivity contribution in [3.8, 4) is 11.6 Å². The van der Waals surface area contributed by atoms with E-state index >= 15 is 0 Å². The summed E-state index contributed by atoms with van der Waals surface area (Å²) < 4.78 is 12.3. The third kappa shape index (κ3) is 2.64. The monoisotopic (exact) mass is 266 g/mol. The maximum Gasteiger partial charge on any atom is 0.280 e. The molecule has 2 heterocycles. The van der Waals surface area contributed by atoms with Gasteiger partial charge in [0, 0.05) is 13.7 Å². The van der Waals surface area contributed by atoms with E-state index in [1.165, 1.54) is 0 Å². The molecule has 19 heavy (non-hydrogen) atoms. The molecule has 0 spiro atoms. The van der Waals surface area contributed by atoms with Gasteiger partial charge in [-0.2, -0.15) is 4.98 Å². The van der Waals surface area contributed by atoms with Crippen molar-refractivity contribution in [2.45, 2.75) is 32.4 Å². The standard InChI is InChI=1S/C11H18N6O2/c1-4-11(2,18-3)10-13-9(19-15-10)8-7-17(6-5-12)16-14-8/h7H,4-6,12H2,1-3H3. The van der Waals surface area contributed by atoms with E-state index in [2.05, 4.69) is 20.5 Å². The summed E-state index contributed by atoms with van der Waals surface area (Å²) >= 11 is 0. The average Bonchev–Trinajstić information content (AvgIpc) is 3.06. The van der Waals surface area contributed by atoms with Crippen molar-refractivity contribution >= 4 is 0 Å². The van der Waals surface area contributed by atoms with Gasteiger partial charge in [0.1, 0.15) is 5.60 Å². The molecule has 0 aliphatic carbocycles. The Bertz CT molecular complexity index is 531. The quantitative estimate of drug-likeness (QED) is 0.814. The van der Waals surface area contributed by atoms with Gasteiger partial charge in [-0.25, -0.2) is 0 Å². The van der Waals surface area contributed by atoms with Gasteiger partial charge in [0.05, 0.1) is 12.7 Å². The Kier molecular flexibility index (Phi) is 3.91. The molecule has 0 aliphatic rings. The summed E-state index contributed by atoms with van der Waals surface area (Å²) in [5.74, 6) is 0.830. The largest absolute Gasteiger partial charge is 0.370 e. The Morgan fingerprint density at radius 3 is 2.95 bits per heavy atom. The van der Waals surface area contributed by atoms with Crippen LogP contribution < -0.4 is 5.73 Å². The lowest BCUT2D eigenvalue weighted by molar-refractivity contribution is -0.0106. The van der Waals surface area contributed by atoms with E-state index in [-0.39, 0.29) is 0 Å². The van der Waals surface area contributed by atoms with Crippen LogP contribution in [0.3, 0.4) is 0 Å². The zero-order valence-corrected chi connectivity index (χ0v) is 11.3. The fraction of sp³-hybridized carbons (Fsp3) is 0.636. The lowest BCUT2D eigenvalue weighted by atomic mass is 10.0. The number of nitrogens with zero attached hydrogens (tertiary/aromatic N) is 5. The van der Waals surface area contributed by atoms with Gasteiger partial charge in [0.2, 0.25) is 5.82 Å². The topological polar surface area (TPSA) is 105 Å². The Morgan fingerprint density at radius 2 is 2.32 bits per heavy atom. The second-order valence-corrected chi connectivity index (χ2v) is 4.37. The molecule has 8 heteroatoms. The lowest BCUT2D eigenvalue weighted by Crippen LogP contribution is -2.24. The molecule has 0 aliphatic heterocycles. The van der Waals surface area contributed by atoms with E-state index in [9.17, 15) is 0 Å². The van der Waals surface area contributed by atoms with Crippen LogP contribution in [0.25, 0.3) is 11.6 Å². The first-order valence-corrected chi connectivity index (χ1v) is 6.13. The molecule has 2 aromatic rings. The molecule has 2 aromatic heterocycles. The molecule has 2 N–H and O–H groups in total. The maximum atomic E-state index is 5.45. The summed E-state index contributed by atoms with van der Waals surface area (Å²) in [5, 5.41) is 11.8. The zero-order chi connectivity index (χ0) is 13.9. The summed E-state index contributed by atoms with van der Waals surface area (Å²) in [6.07, 6.45) is 2.46. The van der Waals surface area contributed by atoms with Crippen molar-refractivity contribution in [3.63, 3.8) is 0 Å². The first kappa shape index (κ1) is 13.6. The van der Waals surface area contributed by atoms with Crippen molar-refractivity contribution in [2.24, 2.45) is 5.73 Å². The fourth-order valence-corrected chi connectivity index (χ4v) is 1.57. The Balaban J connectivity index is 2.24. The van der Waals surface area contributed by atoms with Gasteiger partial charge >= 0.3 is 0 Å². The normalized spacial score (nSPS) is 14.5. The van der Waals surface area contributed by atoms with Gasteiger partial charge in [-0.05, 0) is 13.3 Å². The van der Waals surface area contributed by atoms with Gasteiger partial charge in [0.15, 0.2) is 5.69 Å². The third-order valence-corrected chi connectivity index (χ3v) is 3.14. The van der Waals surface area contributed by atoms with Crippen LogP contribution in [0.2, 0.25) is 0 Å². The van der Waals surface area contributed by atoms with Crippen molar-refractivity contribution in [2.75, 3.05) is 13.7 Å². The minimum Gasteiger partial charge on any atom is -0.370 e. The molecule has 104 valence electrons. The third-order valence-electron chi connectivity index (χ3n) is 3.14. The number of nitrogens with two attached hydrogens (primary N) is 1.